The summed E-state index contributed by atoms with van der Waals surface area (Å²) in [7, 11) is 1.54. The van der Waals surface area contributed by atoms with E-state index in [1.165, 1.54) is 0 Å². The molecule has 7 heteroatoms. The first kappa shape index (κ1) is 15.6. The average Bonchev–Trinajstić information content (AvgIpc) is 2.89. The van der Waals surface area contributed by atoms with Gasteiger partial charge in [0.25, 0.3) is 0 Å². The zero-order valence-corrected chi connectivity index (χ0v) is 13.1. The monoisotopic (exact) mass is 356 g/mol. The van der Waals surface area contributed by atoms with Crippen molar-refractivity contribution >= 4 is 33.6 Å². The van der Waals surface area contributed by atoms with Crippen LogP contribution in [0.4, 0.5) is 10.5 Å². The smallest absolute Gasteiger partial charge is 0.319 e. The number of carboxylic acid groups (broad SMARTS) is 1. The Labute approximate surface area is 131 Å². The summed E-state index contributed by atoms with van der Waals surface area (Å²) in [6, 6.07) is 4.46. The van der Waals surface area contributed by atoms with E-state index in [2.05, 4.69) is 26.6 Å². The molecule has 6 nitrogen and oxygen atoms in total. The maximum Gasteiger partial charge on any atom is 0.319 e. The number of ether oxygens (including phenoxy) is 1. The van der Waals surface area contributed by atoms with Gasteiger partial charge in [-0.25, -0.2) is 4.79 Å². The molecule has 1 aromatic carbocycles. The van der Waals surface area contributed by atoms with Crippen LogP contribution in [-0.4, -0.2) is 30.3 Å². The van der Waals surface area contributed by atoms with Gasteiger partial charge in [-0.05, 0) is 40.9 Å². The summed E-state index contributed by atoms with van der Waals surface area (Å²) >= 11 is 3.33. The molecule has 0 spiro atoms. The molecule has 2 rings (SSSR count). The largest absolute Gasteiger partial charge is 0.495 e. The van der Waals surface area contributed by atoms with Crippen molar-refractivity contribution in [3.63, 3.8) is 0 Å². The van der Waals surface area contributed by atoms with Gasteiger partial charge in [0.1, 0.15) is 5.75 Å². The molecule has 1 aliphatic rings. The van der Waals surface area contributed by atoms with Crippen LogP contribution in [0.1, 0.15) is 19.3 Å². The summed E-state index contributed by atoms with van der Waals surface area (Å²) in [5.41, 5.74) is 0.581. The highest BCUT2D eigenvalue weighted by Crippen LogP contribution is 2.28. The number of carbonyl (C=O) groups excluding carboxylic acids is 1. The van der Waals surface area contributed by atoms with Crippen molar-refractivity contribution in [3.8, 4) is 5.75 Å². The Morgan fingerprint density at radius 1 is 1.38 bits per heavy atom. The third-order valence-corrected chi connectivity index (χ3v) is 4.21. The maximum absolute atomic E-state index is 12.0. The minimum absolute atomic E-state index is 0.320. The Morgan fingerprint density at radius 2 is 2.14 bits per heavy atom. The van der Waals surface area contributed by atoms with E-state index < -0.39 is 17.9 Å². The average molecular weight is 357 g/mol. The minimum Gasteiger partial charge on any atom is -0.495 e. The molecule has 0 heterocycles. The van der Waals surface area contributed by atoms with Crippen LogP contribution in [0.15, 0.2) is 22.7 Å². The van der Waals surface area contributed by atoms with E-state index in [0.717, 1.165) is 10.9 Å². The van der Waals surface area contributed by atoms with E-state index in [1.54, 1.807) is 25.3 Å². The molecule has 114 valence electrons. The van der Waals surface area contributed by atoms with Gasteiger partial charge in [0.05, 0.1) is 17.5 Å². The number of halogens is 1. The Morgan fingerprint density at radius 3 is 2.81 bits per heavy atom. The lowest BCUT2D eigenvalue weighted by Crippen LogP contribution is -2.42. The van der Waals surface area contributed by atoms with Crippen molar-refractivity contribution < 1.29 is 19.4 Å². The van der Waals surface area contributed by atoms with Gasteiger partial charge in [-0.2, -0.15) is 0 Å². The number of hydrogen-bond acceptors (Lipinski definition) is 3. The maximum atomic E-state index is 12.0. The summed E-state index contributed by atoms with van der Waals surface area (Å²) in [6.07, 6.45) is 2.11. The lowest BCUT2D eigenvalue weighted by atomic mass is 10.0. The normalized spacial score (nSPS) is 20.9. The molecule has 0 saturated heterocycles. The second kappa shape index (κ2) is 6.80. The fraction of sp³-hybridized carbons (Fsp3) is 0.429. The van der Waals surface area contributed by atoms with E-state index in [-0.39, 0.29) is 6.04 Å². The number of rotatable bonds is 4. The molecule has 1 fully saturated rings. The Bertz CT molecular complexity index is 550. The van der Waals surface area contributed by atoms with Crippen LogP contribution in [0, 0.1) is 5.92 Å². The summed E-state index contributed by atoms with van der Waals surface area (Å²) in [5, 5.41) is 14.5. The van der Waals surface area contributed by atoms with Gasteiger partial charge in [0.15, 0.2) is 0 Å². The standard InChI is InChI=1S/C14H17BrN2O4/c1-21-12-7-8(5-6-10(12)15)16-14(20)17-11-4-2-3-9(11)13(18)19/h5-7,9,11H,2-4H2,1H3,(H,18,19)(H2,16,17,20). The predicted molar refractivity (Wildman–Crippen MR) is 81.6 cm³/mol. The van der Waals surface area contributed by atoms with Crippen LogP contribution in [0.3, 0.4) is 0 Å². The Balaban J connectivity index is 1.97. The summed E-state index contributed by atoms with van der Waals surface area (Å²) in [4.78, 5) is 23.0. The first-order valence-corrected chi connectivity index (χ1v) is 7.44. The number of anilines is 1. The molecule has 0 aliphatic heterocycles. The van der Waals surface area contributed by atoms with E-state index in [4.69, 9.17) is 9.84 Å². The minimum atomic E-state index is -0.858. The van der Waals surface area contributed by atoms with Crippen LogP contribution in [-0.2, 0) is 4.79 Å². The SMILES string of the molecule is COc1cc(NC(=O)NC2CCCC2C(=O)O)ccc1Br. The Hall–Kier alpha value is -1.76. The summed E-state index contributed by atoms with van der Waals surface area (Å²) in [5.74, 6) is -0.754. The van der Waals surface area contributed by atoms with Crippen molar-refractivity contribution in [1.82, 2.24) is 5.32 Å². The molecule has 1 aromatic rings. The fourth-order valence-electron chi connectivity index (χ4n) is 2.50. The van der Waals surface area contributed by atoms with E-state index >= 15 is 0 Å². The van der Waals surface area contributed by atoms with Crippen molar-refractivity contribution in [2.45, 2.75) is 25.3 Å². The molecule has 21 heavy (non-hydrogen) atoms. The van der Waals surface area contributed by atoms with E-state index in [0.29, 0.717) is 24.3 Å². The molecule has 2 atom stereocenters. The number of methoxy groups -OCH3 is 1. The lowest BCUT2D eigenvalue weighted by molar-refractivity contribution is -0.142. The van der Waals surface area contributed by atoms with Gasteiger partial charge in [-0.15, -0.1) is 0 Å². The number of hydrogen-bond donors (Lipinski definition) is 3. The second-order valence-corrected chi connectivity index (χ2v) is 5.78. The van der Waals surface area contributed by atoms with Crippen molar-refractivity contribution in [1.29, 1.82) is 0 Å². The highest BCUT2D eigenvalue weighted by atomic mass is 79.9. The molecule has 1 aliphatic carbocycles. The number of urea groups is 1. The molecular formula is C14H17BrN2O4. The Kier molecular flexibility index (Phi) is 5.06. The van der Waals surface area contributed by atoms with Gasteiger partial charge in [-0.3, -0.25) is 4.79 Å². The van der Waals surface area contributed by atoms with Crippen molar-refractivity contribution in [2.75, 3.05) is 12.4 Å². The van der Waals surface area contributed by atoms with Crippen molar-refractivity contribution in [3.05, 3.63) is 22.7 Å². The van der Waals surface area contributed by atoms with Gasteiger partial charge >= 0.3 is 12.0 Å². The molecule has 0 bridgehead atoms. The fourth-order valence-corrected chi connectivity index (χ4v) is 2.91. The van der Waals surface area contributed by atoms with Gasteiger partial charge in [0.2, 0.25) is 0 Å². The quantitative estimate of drug-likeness (QED) is 0.773. The molecular weight excluding hydrogens is 340 g/mol. The number of amides is 2. The molecule has 1 saturated carbocycles. The molecule has 3 N–H and O–H groups in total. The third-order valence-electron chi connectivity index (χ3n) is 3.56. The van der Waals surface area contributed by atoms with E-state index in [1.807, 2.05) is 0 Å². The highest BCUT2D eigenvalue weighted by molar-refractivity contribution is 9.10. The van der Waals surface area contributed by atoms with Crippen LogP contribution in [0.5, 0.6) is 5.75 Å². The highest BCUT2D eigenvalue weighted by Gasteiger charge is 2.33. The second-order valence-electron chi connectivity index (χ2n) is 4.93. The van der Waals surface area contributed by atoms with Gasteiger partial charge in [-0.1, -0.05) is 6.42 Å². The third kappa shape index (κ3) is 3.87. The molecule has 0 radical (unpaired) electrons. The first-order valence-electron chi connectivity index (χ1n) is 6.65. The summed E-state index contributed by atoms with van der Waals surface area (Å²) < 4.78 is 5.94. The van der Waals surface area contributed by atoms with Crippen LogP contribution in [0.25, 0.3) is 0 Å². The van der Waals surface area contributed by atoms with Gasteiger partial charge < -0.3 is 20.5 Å². The number of nitrogens with one attached hydrogen (secondary N) is 2. The van der Waals surface area contributed by atoms with Crippen LogP contribution in [0.2, 0.25) is 0 Å². The summed E-state index contributed by atoms with van der Waals surface area (Å²) in [6.45, 7) is 0. The lowest BCUT2D eigenvalue weighted by Gasteiger charge is -2.18. The predicted octanol–water partition coefficient (Wildman–Crippen LogP) is 2.83. The first-order chi connectivity index (χ1) is 10.0. The molecule has 2 unspecified atom stereocenters. The molecule has 0 aromatic heterocycles. The number of carbonyl (C=O) groups is 2. The van der Waals surface area contributed by atoms with Crippen LogP contribution < -0.4 is 15.4 Å². The van der Waals surface area contributed by atoms with Crippen molar-refractivity contribution in [2.24, 2.45) is 5.92 Å². The number of benzene rings is 1. The molecule has 2 amide bonds. The number of carboxylic acids is 1. The topological polar surface area (TPSA) is 87.7 Å². The zero-order chi connectivity index (χ0) is 15.4. The van der Waals surface area contributed by atoms with Crippen LogP contribution >= 0.6 is 15.9 Å². The van der Waals surface area contributed by atoms with E-state index in [9.17, 15) is 9.59 Å². The van der Waals surface area contributed by atoms with Gasteiger partial charge in [0, 0.05) is 17.8 Å². The zero-order valence-electron chi connectivity index (χ0n) is 11.6. The number of aliphatic carboxylic acids is 1.